The van der Waals surface area contributed by atoms with Gasteiger partial charge >= 0.3 is 5.97 Å². The Kier molecular flexibility index (Phi) is 4.95. The topological polar surface area (TPSA) is 49.8 Å². The molecule has 1 aromatic rings. The molecule has 108 valence electrons. The van der Waals surface area contributed by atoms with Gasteiger partial charge in [0.1, 0.15) is 10.7 Å². The second-order valence-electron chi connectivity index (χ2n) is 4.84. The number of carbonyl (C=O) groups is 1. The number of hydrogen-bond donors (Lipinski definition) is 1. The number of phenols is 1. The highest BCUT2D eigenvalue weighted by atomic mass is 32.1. The molecule has 5 heteroatoms. The summed E-state index contributed by atoms with van der Waals surface area (Å²) in [7, 11) is 0. The molecule has 20 heavy (non-hydrogen) atoms. The van der Waals surface area contributed by atoms with Gasteiger partial charge in [0.05, 0.1) is 18.1 Å². The van der Waals surface area contributed by atoms with Crippen molar-refractivity contribution in [2.75, 3.05) is 19.7 Å². The average Bonchev–Trinajstić information content (AvgIpc) is 2.47. The van der Waals surface area contributed by atoms with E-state index in [2.05, 4.69) is 0 Å². The zero-order chi connectivity index (χ0) is 14.5. The third-order valence-corrected chi connectivity index (χ3v) is 4.01. The summed E-state index contributed by atoms with van der Waals surface area (Å²) in [5, 5.41) is 9.83. The number of likely N-dealkylation sites (tertiary alicyclic amines) is 1. The Bertz CT molecular complexity index is 496. The Morgan fingerprint density at radius 3 is 2.65 bits per heavy atom. The molecule has 0 aliphatic carbocycles. The van der Waals surface area contributed by atoms with Crippen molar-refractivity contribution in [2.24, 2.45) is 5.92 Å². The summed E-state index contributed by atoms with van der Waals surface area (Å²) in [6.45, 7) is 3.68. The number of carbonyl (C=O) groups excluding carboxylic acids is 1. The zero-order valence-electron chi connectivity index (χ0n) is 11.5. The number of thiocarbonyl (C=S) groups is 1. The molecule has 1 N–H and O–H groups in total. The van der Waals surface area contributed by atoms with Crippen molar-refractivity contribution in [2.45, 2.75) is 19.8 Å². The molecule has 1 heterocycles. The van der Waals surface area contributed by atoms with Crippen LogP contribution in [0.1, 0.15) is 25.3 Å². The van der Waals surface area contributed by atoms with Crippen molar-refractivity contribution in [3.63, 3.8) is 0 Å². The lowest BCUT2D eigenvalue weighted by atomic mass is 9.96. The van der Waals surface area contributed by atoms with E-state index in [-0.39, 0.29) is 17.6 Å². The molecule has 0 unspecified atom stereocenters. The fourth-order valence-corrected chi connectivity index (χ4v) is 2.76. The molecule has 0 spiro atoms. The van der Waals surface area contributed by atoms with Crippen LogP contribution in [-0.2, 0) is 9.53 Å². The lowest BCUT2D eigenvalue weighted by Crippen LogP contribution is -2.40. The molecular formula is C15H19NO3S. The Labute approximate surface area is 124 Å². The molecule has 1 aliphatic heterocycles. The van der Waals surface area contributed by atoms with Crippen LogP contribution in [0.15, 0.2) is 24.3 Å². The highest BCUT2D eigenvalue weighted by Crippen LogP contribution is 2.24. The summed E-state index contributed by atoms with van der Waals surface area (Å²) in [6.07, 6.45) is 1.49. The van der Waals surface area contributed by atoms with Gasteiger partial charge in [-0.1, -0.05) is 24.4 Å². The van der Waals surface area contributed by atoms with Crippen molar-refractivity contribution in [3.8, 4) is 5.75 Å². The van der Waals surface area contributed by atoms with E-state index in [1.54, 1.807) is 12.1 Å². The number of ether oxygens (including phenoxy) is 1. The molecule has 0 amide bonds. The molecular weight excluding hydrogens is 274 g/mol. The second kappa shape index (κ2) is 6.70. The number of benzene rings is 1. The molecule has 1 aromatic carbocycles. The monoisotopic (exact) mass is 293 g/mol. The first-order valence-corrected chi connectivity index (χ1v) is 7.28. The van der Waals surface area contributed by atoms with E-state index in [9.17, 15) is 9.90 Å². The first-order valence-electron chi connectivity index (χ1n) is 6.87. The quantitative estimate of drug-likeness (QED) is 0.685. The van der Waals surface area contributed by atoms with E-state index in [0.29, 0.717) is 17.2 Å². The number of phenolic OH excluding ortho intramolecular Hbond substituents is 1. The minimum Gasteiger partial charge on any atom is -0.507 e. The lowest BCUT2D eigenvalue weighted by Gasteiger charge is -2.32. The number of nitrogens with zero attached hydrogens (tertiary/aromatic N) is 1. The third kappa shape index (κ3) is 3.28. The highest BCUT2D eigenvalue weighted by Gasteiger charge is 2.27. The van der Waals surface area contributed by atoms with Crippen LogP contribution in [0.5, 0.6) is 5.75 Å². The molecule has 0 atom stereocenters. The van der Waals surface area contributed by atoms with Gasteiger partial charge in [0.2, 0.25) is 0 Å². The van der Waals surface area contributed by atoms with Gasteiger partial charge in [-0.2, -0.15) is 0 Å². The van der Waals surface area contributed by atoms with Crippen molar-refractivity contribution >= 4 is 23.2 Å². The largest absolute Gasteiger partial charge is 0.507 e. The van der Waals surface area contributed by atoms with Crippen molar-refractivity contribution < 1.29 is 14.6 Å². The van der Waals surface area contributed by atoms with Crippen molar-refractivity contribution in [1.29, 1.82) is 0 Å². The predicted octanol–water partition coefficient (Wildman–Crippen LogP) is 2.34. The van der Waals surface area contributed by atoms with Crippen LogP contribution in [0.2, 0.25) is 0 Å². The Morgan fingerprint density at radius 2 is 2.05 bits per heavy atom. The van der Waals surface area contributed by atoms with Crippen LogP contribution in [0.4, 0.5) is 0 Å². The van der Waals surface area contributed by atoms with Gasteiger partial charge in [-0.25, -0.2) is 0 Å². The Hall–Kier alpha value is -1.62. The van der Waals surface area contributed by atoms with Gasteiger partial charge in [0, 0.05) is 13.1 Å². The second-order valence-corrected chi connectivity index (χ2v) is 5.22. The fraction of sp³-hybridized carbons (Fsp3) is 0.467. The standard InChI is InChI=1S/C15H19NO3S/c1-2-19-15(18)11-7-9-16(10-8-11)14(20)12-5-3-4-6-13(12)17/h3-6,11,17H,2,7-10H2,1H3. The molecule has 1 saturated heterocycles. The van der Waals surface area contributed by atoms with Crippen LogP contribution in [0.25, 0.3) is 0 Å². The maximum Gasteiger partial charge on any atom is 0.309 e. The number of rotatable bonds is 3. The minimum atomic E-state index is -0.111. The number of aromatic hydroxyl groups is 1. The number of esters is 1. The molecule has 2 rings (SSSR count). The molecule has 0 bridgehead atoms. The van der Waals surface area contributed by atoms with Gasteiger partial charge in [0.25, 0.3) is 0 Å². The maximum atomic E-state index is 11.7. The van der Waals surface area contributed by atoms with E-state index in [1.807, 2.05) is 24.0 Å². The number of piperidine rings is 1. The maximum absolute atomic E-state index is 11.7. The van der Waals surface area contributed by atoms with E-state index < -0.39 is 0 Å². The number of hydrogen-bond acceptors (Lipinski definition) is 4. The van der Waals surface area contributed by atoms with E-state index >= 15 is 0 Å². The summed E-state index contributed by atoms with van der Waals surface area (Å²) in [6, 6.07) is 7.07. The van der Waals surface area contributed by atoms with Gasteiger partial charge < -0.3 is 14.7 Å². The third-order valence-electron chi connectivity index (χ3n) is 3.54. The first kappa shape index (κ1) is 14.8. The predicted molar refractivity (Wildman–Crippen MR) is 80.7 cm³/mol. The summed E-state index contributed by atoms with van der Waals surface area (Å²) in [5.74, 6) is 0.0593. The van der Waals surface area contributed by atoms with Gasteiger partial charge in [-0.05, 0) is 31.9 Å². The molecule has 0 saturated carbocycles. The van der Waals surface area contributed by atoms with Crippen LogP contribution in [0, 0.1) is 5.92 Å². The molecule has 1 fully saturated rings. The Balaban J connectivity index is 1.96. The van der Waals surface area contributed by atoms with E-state index in [4.69, 9.17) is 17.0 Å². The van der Waals surface area contributed by atoms with Gasteiger partial charge in [-0.15, -0.1) is 0 Å². The fourth-order valence-electron chi connectivity index (χ4n) is 2.40. The summed E-state index contributed by atoms with van der Waals surface area (Å²) in [4.78, 5) is 14.4. The van der Waals surface area contributed by atoms with Crippen LogP contribution in [0.3, 0.4) is 0 Å². The van der Waals surface area contributed by atoms with Crippen LogP contribution >= 0.6 is 12.2 Å². The average molecular weight is 293 g/mol. The number of para-hydroxylation sites is 1. The molecule has 0 radical (unpaired) electrons. The van der Waals surface area contributed by atoms with Crippen LogP contribution in [-0.4, -0.2) is 40.7 Å². The summed E-state index contributed by atoms with van der Waals surface area (Å²) < 4.78 is 5.05. The smallest absolute Gasteiger partial charge is 0.309 e. The normalized spacial score (nSPS) is 15.9. The van der Waals surface area contributed by atoms with Crippen molar-refractivity contribution in [1.82, 2.24) is 4.90 Å². The van der Waals surface area contributed by atoms with E-state index in [1.165, 1.54) is 0 Å². The van der Waals surface area contributed by atoms with Gasteiger partial charge in [-0.3, -0.25) is 4.79 Å². The molecule has 1 aliphatic rings. The van der Waals surface area contributed by atoms with Gasteiger partial charge in [0.15, 0.2) is 0 Å². The lowest BCUT2D eigenvalue weighted by molar-refractivity contribution is -0.149. The molecule has 0 aromatic heterocycles. The van der Waals surface area contributed by atoms with Crippen molar-refractivity contribution in [3.05, 3.63) is 29.8 Å². The zero-order valence-corrected chi connectivity index (χ0v) is 12.4. The first-order chi connectivity index (χ1) is 9.63. The molecule has 4 nitrogen and oxygen atoms in total. The van der Waals surface area contributed by atoms with E-state index in [0.717, 1.165) is 25.9 Å². The Morgan fingerprint density at radius 1 is 1.40 bits per heavy atom. The summed E-state index contributed by atoms with van der Waals surface area (Å²) >= 11 is 5.43. The SMILES string of the molecule is CCOC(=O)C1CCN(C(=S)c2ccccc2O)CC1. The summed E-state index contributed by atoms with van der Waals surface area (Å²) in [5.41, 5.74) is 0.678. The highest BCUT2D eigenvalue weighted by molar-refractivity contribution is 7.80. The van der Waals surface area contributed by atoms with Crippen LogP contribution < -0.4 is 0 Å². The minimum absolute atomic E-state index is 0.0293.